The standard InChI is InChI=1S/C19H13F17O2/c1-38-11(37)10-6-4-9(5-7-10)3-2-8-12(20,21)13(22,23)14(24,25)15(26,27)16(28,29)17(30,31)18(32,33)19(34,35)36/h4-7H,2-3,8H2,1H3. The first-order valence-corrected chi connectivity index (χ1v) is 9.56. The van der Waals surface area contributed by atoms with E-state index in [4.69, 9.17) is 0 Å². The van der Waals surface area contributed by atoms with Crippen LogP contribution in [0.2, 0.25) is 0 Å². The number of hydrogen-bond acceptors (Lipinski definition) is 2. The van der Waals surface area contributed by atoms with Gasteiger partial charge >= 0.3 is 53.6 Å². The largest absolute Gasteiger partial charge is 0.465 e. The van der Waals surface area contributed by atoms with Crippen molar-refractivity contribution < 1.29 is 84.2 Å². The van der Waals surface area contributed by atoms with E-state index in [1.165, 1.54) is 0 Å². The van der Waals surface area contributed by atoms with Gasteiger partial charge in [-0.25, -0.2) is 4.79 Å². The lowest BCUT2D eigenvalue weighted by molar-refractivity contribution is -0.461. The Balaban J connectivity index is 3.27. The van der Waals surface area contributed by atoms with Gasteiger partial charge in [-0.15, -0.1) is 0 Å². The fraction of sp³-hybridized carbons (Fsp3) is 0.632. The zero-order chi connectivity index (χ0) is 30.4. The summed E-state index contributed by atoms with van der Waals surface area (Å²) in [6.45, 7) is 0. The van der Waals surface area contributed by atoms with Crippen LogP contribution in [0.1, 0.15) is 28.8 Å². The van der Waals surface area contributed by atoms with Crippen molar-refractivity contribution in [2.75, 3.05) is 7.11 Å². The van der Waals surface area contributed by atoms with Crippen LogP contribution in [-0.4, -0.2) is 60.7 Å². The molecule has 0 atom stereocenters. The minimum absolute atomic E-state index is 0.0468. The van der Waals surface area contributed by atoms with Crippen molar-refractivity contribution in [2.45, 2.75) is 66.9 Å². The second-order valence-corrected chi connectivity index (χ2v) is 7.69. The predicted molar refractivity (Wildman–Crippen MR) is 91.4 cm³/mol. The average Bonchev–Trinajstić information content (AvgIpc) is 2.77. The number of aryl methyl sites for hydroxylation is 1. The molecule has 1 aromatic rings. The van der Waals surface area contributed by atoms with Crippen LogP contribution in [0.25, 0.3) is 0 Å². The first kappa shape index (κ1) is 33.5. The third kappa shape index (κ3) is 5.08. The molecule has 220 valence electrons. The number of hydrogen-bond donors (Lipinski definition) is 0. The summed E-state index contributed by atoms with van der Waals surface area (Å²) in [6, 6.07) is 4.10. The van der Waals surface area contributed by atoms with Crippen molar-refractivity contribution in [1.82, 2.24) is 0 Å². The molecule has 19 heteroatoms. The molecule has 0 N–H and O–H groups in total. The number of alkyl halides is 17. The molecule has 0 radical (unpaired) electrons. The zero-order valence-electron chi connectivity index (χ0n) is 18.2. The van der Waals surface area contributed by atoms with Gasteiger partial charge < -0.3 is 4.74 Å². The highest BCUT2D eigenvalue weighted by molar-refractivity contribution is 5.89. The van der Waals surface area contributed by atoms with Gasteiger partial charge in [0, 0.05) is 6.42 Å². The minimum atomic E-state index is -8.64. The molecule has 0 bridgehead atoms. The van der Waals surface area contributed by atoms with Crippen molar-refractivity contribution in [3.63, 3.8) is 0 Å². The van der Waals surface area contributed by atoms with Crippen molar-refractivity contribution >= 4 is 5.97 Å². The number of esters is 1. The summed E-state index contributed by atoms with van der Waals surface area (Å²) in [5.41, 5.74) is -0.141. The summed E-state index contributed by atoms with van der Waals surface area (Å²) in [5.74, 6) is -57.2. The Kier molecular flexibility index (Phi) is 8.75. The number of methoxy groups -OCH3 is 1. The van der Waals surface area contributed by atoms with E-state index in [0.717, 1.165) is 31.4 Å². The summed E-state index contributed by atoms with van der Waals surface area (Å²) in [5, 5.41) is 0. The Labute approximate surface area is 200 Å². The number of halogens is 17. The molecule has 0 amide bonds. The van der Waals surface area contributed by atoms with E-state index in [1.807, 2.05) is 0 Å². The van der Waals surface area contributed by atoms with Crippen molar-refractivity contribution in [3.05, 3.63) is 35.4 Å². The van der Waals surface area contributed by atoms with Crippen LogP contribution < -0.4 is 0 Å². The number of ether oxygens (including phenoxy) is 1. The Morgan fingerprint density at radius 1 is 0.605 bits per heavy atom. The summed E-state index contributed by atoms with van der Waals surface area (Å²) in [7, 11) is 0.983. The highest BCUT2D eigenvalue weighted by Crippen LogP contribution is 2.64. The van der Waals surface area contributed by atoms with Gasteiger partial charge in [0.2, 0.25) is 0 Å². The number of carbonyl (C=O) groups excluding carboxylic acids is 1. The molecule has 0 aliphatic heterocycles. The van der Waals surface area contributed by atoms with E-state index in [9.17, 15) is 79.4 Å². The van der Waals surface area contributed by atoms with Gasteiger partial charge in [-0.3, -0.25) is 0 Å². The van der Waals surface area contributed by atoms with Gasteiger partial charge in [0.15, 0.2) is 0 Å². The van der Waals surface area contributed by atoms with E-state index in [1.54, 1.807) is 0 Å². The summed E-state index contributed by atoms with van der Waals surface area (Å²) < 4.78 is 229. The lowest BCUT2D eigenvalue weighted by Gasteiger charge is -2.42. The molecular weight excluding hydrogens is 583 g/mol. The average molecular weight is 596 g/mol. The van der Waals surface area contributed by atoms with Crippen molar-refractivity contribution in [1.29, 1.82) is 0 Å². The molecule has 0 unspecified atom stereocenters. The van der Waals surface area contributed by atoms with Gasteiger partial charge in [0.25, 0.3) is 0 Å². The maximum atomic E-state index is 13.9. The van der Waals surface area contributed by atoms with Crippen molar-refractivity contribution in [3.8, 4) is 0 Å². The summed E-state index contributed by atoms with van der Waals surface area (Å²) in [6.07, 6.45) is -12.3. The molecule has 0 fully saturated rings. The van der Waals surface area contributed by atoms with Gasteiger partial charge in [-0.1, -0.05) is 12.1 Å². The van der Waals surface area contributed by atoms with Crippen LogP contribution in [0.15, 0.2) is 24.3 Å². The van der Waals surface area contributed by atoms with Gasteiger partial charge in [-0.05, 0) is 30.5 Å². The van der Waals surface area contributed by atoms with E-state index in [-0.39, 0.29) is 11.1 Å². The molecule has 2 nitrogen and oxygen atoms in total. The SMILES string of the molecule is COC(=O)c1ccc(CCCC(F)(F)C(F)(F)C(F)(F)C(F)(F)C(F)(F)C(F)(F)C(F)(F)C(F)(F)F)cc1. The zero-order valence-corrected chi connectivity index (χ0v) is 18.2. The lowest BCUT2D eigenvalue weighted by atomic mass is 9.87. The van der Waals surface area contributed by atoms with Gasteiger partial charge in [-0.2, -0.15) is 74.6 Å². The molecule has 1 aromatic carbocycles. The van der Waals surface area contributed by atoms with Crippen LogP contribution >= 0.6 is 0 Å². The maximum Gasteiger partial charge on any atom is 0.460 e. The number of rotatable bonds is 11. The smallest absolute Gasteiger partial charge is 0.460 e. The molecule has 0 saturated heterocycles. The summed E-state index contributed by atoms with van der Waals surface area (Å²) in [4.78, 5) is 11.3. The van der Waals surface area contributed by atoms with E-state index in [2.05, 4.69) is 4.74 Å². The Bertz CT molecular complexity index is 980. The van der Waals surface area contributed by atoms with E-state index in [0.29, 0.717) is 0 Å². The molecule has 0 heterocycles. The molecule has 1 rings (SSSR count). The number of carbonyl (C=O) groups is 1. The first-order valence-electron chi connectivity index (χ1n) is 9.56. The third-order valence-corrected chi connectivity index (χ3v) is 5.12. The van der Waals surface area contributed by atoms with Gasteiger partial charge in [0.05, 0.1) is 12.7 Å². The topological polar surface area (TPSA) is 26.3 Å². The van der Waals surface area contributed by atoms with Crippen LogP contribution in [0.4, 0.5) is 74.6 Å². The fourth-order valence-corrected chi connectivity index (χ4v) is 2.79. The van der Waals surface area contributed by atoms with Crippen LogP contribution in [-0.2, 0) is 11.2 Å². The molecule has 0 saturated carbocycles. The molecule has 0 aliphatic carbocycles. The Morgan fingerprint density at radius 2 is 0.974 bits per heavy atom. The second-order valence-electron chi connectivity index (χ2n) is 7.69. The number of benzene rings is 1. The molecule has 38 heavy (non-hydrogen) atoms. The second kappa shape index (κ2) is 9.91. The molecular formula is C19H13F17O2. The quantitative estimate of drug-likeness (QED) is 0.193. The predicted octanol–water partition coefficient (Wildman–Crippen LogP) is 7.81. The van der Waals surface area contributed by atoms with Crippen LogP contribution in [0.3, 0.4) is 0 Å². The Morgan fingerprint density at radius 3 is 1.34 bits per heavy atom. The van der Waals surface area contributed by atoms with Crippen molar-refractivity contribution in [2.24, 2.45) is 0 Å². The highest BCUT2D eigenvalue weighted by Gasteiger charge is 2.95. The first-order chi connectivity index (χ1) is 16.7. The highest BCUT2D eigenvalue weighted by atomic mass is 19.4. The molecule has 0 aromatic heterocycles. The van der Waals surface area contributed by atoms with E-state index < -0.39 is 72.9 Å². The Hall–Kier alpha value is -2.50. The van der Waals surface area contributed by atoms with Crippen LogP contribution in [0, 0.1) is 0 Å². The third-order valence-electron chi connectivity index (χ3n) is 5.12. The minimum Gasteiger partial charge on any atom is -0.465 e. The monoisotopic (exact) mass is 596 g/mol. The molecule has 0 aliphatic rings. The van der Waals surface area contributed by atoms with Gasteiger partial charge in [0.1, 0.15) is 0 Å². The van der Waals surface area contributed by atoms with Crippen LogP contribution in [0.5, 0.6) is 0 Å². The maximum absolute atomic E-state index is 13.9. The lowest BCUT2D eigenvalue weighted by Crippen LogP contribution is -2.74. The normalized spacial score (nSPS) is 15.0. The fourth-order valence-electron chi connectivity index (χ4n) is 2.79. The van der Waals surface area contributed by atoms with E-state index >= 15 is 0 Å². The summed E-state index contributed by atoms with van der Waals surface area (Å²) >= 11 is 0. The molecule has 0 spiro atoms.